The first-order chi connectivity index (χ1) is 8.52. The summed E-state index contributed by atoms with van der Waals surface area (Å²) in [4.78, 5) is 13.5. The van der Waals surface area contributed by atoms with E-state index in [0.29, 0.717) is 19.6 Å². The molecule has 0 radical (unpaired) electrons. The molecule has 0 aromatic heterocycles. The van der Waals surface area contributed by atoms with Crippen LogP contribution in [0.1, 0.15) is 13.3 Å². The van der Waals surface area contributed by atoms with Crippen LogP contribution in [0.4, 0.5) is 8.78 Å². The second-order valence-corrected chi connectivity index (χ2v) is 4.32. The fourth-order valence-electron chi connectivity index (χ4n) is 1.87. The van der Waals surface area contributed by atoms with Crippen molar-refractivity contribution in [1.82, 2.24) is 4.90 Å². The molecule has 2 unspecified atom stereocenters. The molecule has 0 aromatic carbocycles. The summed E-state index contributed by atoms with van der Waals surface area (Å²) in [6.45, 7) is 2.57. The summed E-state index contributed by atoms with van der Waals surface area (Å²) >= 11 is 0. The van der Waals surface area contributed by atoms with Crippen LogP contribution in [0, 0.1) is 0 Å². The summed E-state index contributed by atoms with van der Waals surface area (Å²) in [5, 5.41) is 0. The van der Waals surface area contributed by atoms with Crippen LogP contribution >= 0.6 is 0 Å². The van der Waals surface area contributed by atoms with Crippen LogP contribution in [-0.2, 0) is 14.3 Å². The smallest absolute Gasteiger partial charge is 0.261 e. The molecule has 1 aliphatic heterocycles. The SMILES string of the molecule is CC1CN(C(=O)CCOCC(F)F)CC(CN)O1. The van der Waals surface area contributed by atoms with Gasteiger partial charge in [-0.15, -0.1) is 0 Å². The zero-order valence-electron chi connectivity index (χ0n) is 10.5. The Labute approximate surface area is 105 Å². The van der Waals surface area contributed by atoms with Gasteiger partial charge in [0.05, 0.1) is 25.2 Å². The molecular formula is C11H20F2N2O3. The van der Waals surface area contributed by atoms with E-state index in [2.05, 4.69) is 4.74 Å². The quantitative estimate of drug-likeness (QED) is 0.699. The van der Waals surface area contributed by atoms with Crippen LogP contribution in [0.3, 0.4) is 0 Å². The molecule has 0 aromatic rings. The minimum Gasteiger partial charge on any atom is -0.375 e. The Kier molecular flexibility index (Phi) is 6.45. The average molecular weight is 266 g/mol. The van der Waals surface area contributed by atoms with E-state index in [9.17, 15) is 13.6 Å². The minimum absolute atomic E-state index is 0.0161. The Morgan fingerprint density at radius 3 is 2.89 bits per heavy atom. The third-order valence-electron chi connectivity index (χ3n) is 2.65. The maximum absolute atomic E-state index is 11.8. The lowest BCUT2D eigenvalue weighted by molar-refractivity contribution is -0.145. The number of hydrogen-bond acceptors (Lipinski definition) is 4. The maximum atomic E-state index is 11.8. The predicted molar refractivity (Wildman–Crippen MR) is 61.4 cm³/mol. The van der Waals surface area contributed by atoms with Crippen molar-refractivity contribution in [1.29, 1.82) is 0 Å². The molecule has 1 heterocycles. The first kappa shape index (κ1) is 15.3. The summed E-state index contributed by atoms with van der Waals surface area (Å²) < 4.78 is 33.8. The standard InChI is InChI=1S/C11H20F2N2O3/c1-8-5-15(6-9(4-14)18-8)11(16)2-3-17-7-10(12)13/h8-10H,2-7,14H2,1H3. The van der Waals surface area contributed by atoms with Crippen molar-refractivity contribution in [2.75, 3.05) is 32.8 Å². The lowest BCUT2D eigenvalue weighted by atomic mass is 10.2. The second-order valence-electron chi connectivity index (χ2n) is 4.32. The highest BCUT2D eigenvalue weighted by atomic mass is 19.3. The lowest BCUT2D eigenvalue weighted by Crippen LogP contribution is -2.51. The first-order valence-electron chi connectivity index (χ1n) is 6.02. The Balaban J connectivity index is 2.27. The highest BCUT2D eigenvalue weighted by Crippen LogP contribution is 2.11. The van der Waals surface area contributed by atoms with Crippen LogP contribution in [0.5, 0.6) is 0 Å². The van der Waals surface area contributed by atoms with Gasteiger partial charge in [-0.2, -0.15) is 0 Å². The highest BCUT2D eigenvalue weighted by Gasteiger charge is 2.27. The second kappa shape index (κ2) is 7.60. The minimum atomic E-state index is -2.50. The molecule has 0 saturated carbocycles. The molecule has 1 aliphatic rings. The Morgan fingerprint density at radius 1 is 1.56 bits per heavy atom. The number of morpholine rings is 1. The number of hydrogen-bond donors (Lipinski definition) is 1. The van der Waals surface area contributed by atoms with Gasteiger partial charge in [0.2, 0.25) is 5.91 Å². The van der Waals surface area contributed by atoms with Gasteiger partial charge in [-0.1, -0.05) is 0 Å². The van der Waals surface area contributed by atoms with Crippen LogP contribution in [0.25, 0.3) is 0 Å². The first-order valence-corrected chi connectivity index (χ1v) is 6.02. The zero-order chi connectivity index (χ0) is 13.5. The van der Waals surface area contributed by atoms with Crippen LogP contribution in [0.2, 0.25) is 0 Å². The Hall–Kier alpha value is -0.790. The van der Waals surface area contributed by atoms with Crippen LogP contribution in [0.15, 0.2) is 0 Å². The van der Waals surface area contributed by atoms with Crippen molar-refractivity contribution in [3.05, 3.63) is 0 Å². The molecule has 5 nitrogen and oxygen atoms in total. The number of amides is 1. The summed E-state index contributed by atoms with van der Waals surface area (Å²) in [7, 11) is 0. The van der Waals surface area contributed by atoms with E-state index in [1.807, 2.05) is 6.92 Å². The largest absolute Gasteiger partial charge is 0.375 e. The zero-order valence-corrected chi connectivity index (χ0v) is 10.5. The molecule has 1 saturated heterocycles. The molecular weight excluding hydrogens is 246 g/mol. The van der Waals surface area contributed by atoms with Crippen molar-refractivity contribution in [2.45, 2.75) is 32.0 Å². The molecule has 0 bridgehead atoms. The van der Waals surface area contributed by atoms with Crippen molar-refractivity contribution in [3.63, 3.8) is 0 Å². The normalized spacial score (nSPS) is 24.6. The number of carbonyl (C=O) groups is 1. The maximum Gasteiger partial charge on any atom is 0.261 e. The molecule has 2 atom stereocenters. The molecule has 0 spiro atoms. The van der Waals surface area contributed by atoms with Gasteiger partial charge in [0.15, 0.2) is 0 Å². The Bertz CT molecular complexity index is 267. The molecule has 1 amide bonds. The van der Waals surface area contributed by atoms with Crippen molar-refractivity contribution >= 4 is 5.91 Å². The van der Waals surface area contributed by atoms with E-state index in [4.69, 9.17) is 10.5 Å². The third-order valence-corrected chi connectivity index (χ3v) is 2.65. The van der Waals surface area contributed by atoms with Gasteiger partial charge < -0.3 is 20.1 Å². The summed E-state index contributed by atoms with van der Waals surface area (Å²) in [6, 6.07) is 0. The van der Waals surface area contributed by atoms with Crippen LogP contribution in [-0.4, -0.2) is 62.3 Å². The summed E-state index contributed by atoms with van der Waals surface area (Å²) in [5.41, 5.74) is 5.51. The van der Waals surface area contributed by atoms with E-state index in [0.717, 1.165) is 0 Å². The fourth-order valence-corrected chi connectivity index (χ4v) is 1.87. The van der Waals surface area contributed by atoms with Gasteiger partial charge in [-0.05, 0) is 6.92 Å². The molecule has 7 heteroatoms. The third kappa shape index (κ3) is 5.24. The number of alkyl halides is 2. The van der Waals surface area contributed by atoms with E-state index < -0.39 is 13.0 Å². The van der Waals surface area contributed by atoms with Crippen molar-refractivity contribution in [2.24, 2.45) is 5.73 Å². The summed E-state index contributed by atoms with van der Waals surface area (Å²) in [6.07, 6.45) is -2.60. The Morgan fingerprint density at radius 2 is 2.28 bits per heavy atom. The molecule has 1 fully saturated rings. The lowest BCUT2D eigenvalue weighted by Gasteiger charge is -2.36. The van der Waals surface area contributed by atoms with E-state index in [1.165, 1.54) is 0 Å². The molecule has 18 heavy (non-hydrogen) atoms. The van der Waals surface area contributed by atoms with E-state index in [1.54, 1.807) is 4.90 Å². The molecule has 2 N–H and O–H groups in total. The van der Waals surface area contributed by atoms with Gasteiger partial charge in [-0.25, -0.2) is 8.78 Å². The van der Waals surface area contributed by atoms with Crippen molar-refractivity contribution in [3.8, 4) is 0 Å². The van der Waals surface area contributed by atoms with Gasteiger partial charge in [0.25, 0.3) is 6.43 Å². The fraction of sp³-hybridized carbons (Fsp3) is 0.909. The molecule has 106 valence electrons. The van der Waals surface area contributed by atoms with Crippen molar-refractivity contribution < 1.29 is 23.0 Å². The summed E-state index contributed by atoms with van der Waals surface area (Å²) in [5.74, 6) is -0.113. The van der Waals surface area contributed by atoms with Crippen LogP contribution < -0.4 is 5.73 Å². The van der Waals surface area contributed by atoms with E-state index >= 15 is 0 Å². The van der Waals surface area contributed by atoms with Gasteiger partial charge in [-0.3, -0.25) is 4.79 Å². The van der Waals surface area contributed by atoms with Gasteiger partial charge in [0, 0.05) is 19.6 Å². The average Bonchev–Trinajstić information content (AvgIpc) is 2.33. The van der Waals surface area contributed by atoms with Gasteiger partial charge in [0.1, 0.15) is 6.61 Å². The topological polar surface area (TPSA) is 64.8 Å². The monoisotopic (exact) mass is 266 g/mol. The number of ether oxygens (including phenoxy) is 2. The number of halogens is 2. The van der Waals surface area contributed by atoms with E-state index in [-0.39, 0.29) is 31.1 Å². The molecule has 1 rings (SSSR count). The number of carbonyl (C=O) groups excluding carboxylic acids is 1. The highest BCUT2D eigenvalue weighted by molar-refractivity contribution is 5.76. The number of rotatable bonds is 6. The number of nitrogens with two attached hydrogens (primary N) is 1. The predicted octanol–water partition coefficient (Wildman–Crippen LogP) is 0.233. The van der Waals surface area contributed by atoms with Gasteiger partial charge >= 0.3 is 0 Å². The number of nitrogens with zero attached hydrogens (tertiary/aromatic N) is 1. The molecule has 0 aliphatic carbocycles.